The Labute approximate surface area is 247 Å². The van der Waals surface area contributed by atoms with Crippen molar-refractivity contribution in [2.24, 2.45) is 0 Å². The molecule has 2 aromatic carbocycles. The van der Waals surface area contributed by atoms with Crippen molar-refractivity contribution in [3.63, 3.8) is 0 Å². The molecule has 1 aliphatic heterocycles. The molecule has 0 N–H and O–H groups in total. The lowest BCUT2D eigenvalue weighted by Gasteiger charge is -2.43. The number of amides is 3. The number of carbonyl (C=O) groups excluding carboxylic acids is 3. The van der Waals surface area contributed by atoms with Crippen LogP contribution in [0.15, 0.2) is 53.0 Å². The van der Waals surface area contributed by atoms with Gasteiger partial charge in [-0.2, -0.15) is 0 Å². The third kappa shape index (κ3) is 9.34. The molecule has 1 fully saturated rings. The SMILES string of the molecule is CC(C)(C)OC(=O)N1CCN(C(=O)OC(C)(C)C)C(CN(C(=O)Oc2ccc([N+](=O)[O-])cc2)c2ccc(Br)cc2)C1. The molecule has 1 unspecified atom stereocenters. The second kappa shape index (κ2) is 12.8. The summed E-state index contributed by atoms with van der Waals surface area (Å²) in [4.78, 5) is 54.4. The van der Waals surface area contributed by atoms with Gasteiger partial charge in [-0.15, -0.1) is 0 Å². The molecule has 41 heavy (non-hydrogen) atoms. The van der Waals surface area contributed by atoms with Crippen LogP contribution in [0, 0.1) is 10.1 Å². The summed E-state index contributed by atoms with van der Waals surface area (Å²) in [6.45, 7) is 11.0. The van der Waals surface area contributed by atoms with Gasteiger partial charge < -0.3 is 19.1 Å². The second-order valence-electron chi connectivity index (χ2n) is 11.5. The van der Waals surface area contributed by atoms with Crippen LogP contribution in [0.25, 0.3) is 0 Å². The number of halogens is 1. The molecule has 222 valence electrons. The van der Waals surface area contributed by atoms with Crippen molar-refractivity contribution < 1.29 is 33.5 Å². The first-order valence-electron chi connectivity index (χ1n) is 13.0. The van der Waals surface area contributed by atoms with E-state index in [9.17, 15) is 24.5 Å². The lowest BCUT2D eigenvalue weighted by molar-refractivity contribution is -0.384. The van der Waals surface area contributed by atoms with Crippen molar-refractivity contribution in [2.45, 2.75) is 58.8 Å². The van der Waals surface area contributed by atoms with E-state index in [0.717, 1.165) is 4.47 Å². The van der Waals surface area contributed by atoms with E-state index < -0.39 is 40.4 Å². The molecule has 1 aliphatic rings. The highest BCUT2D eigenvalue weighted by Crippen LogP contribution is 2.25. The number of nitro benzene ring substituents is 1. The number of carbonyl (C=O) groups is 3. The Bertz CT molecular complexity index is 1260. The molecule has 1 atom stereocenters. The van der Waals surface area contributed by atoms with Crippen LogP contribution in [0.3, 0.4) is 0 Å². The summed E-state index contributed by atoms with van der Waals surface area (Å²) in [6, 6.07) is 11.3. The first-order valence-corrected chi connectivity index (χ1v) is 13.8. The first-order chi connectivity index (χ1) is 19.0. The standard InChI is InChI=1S/C28H35BrN4O8/c1-27(2,3)40-24(34)30-15-16-31(26(36)41-28(4,5)6)22(17-30)18-32(20-9-7-19(29)8-10-20)25(35)39-23-13-11-21(12-14-23)33(37)38/h7-14,22H,15-18H2,1-6H3. The van der Waals surface area contributed by atoms with E-state index in [0.29, 0.717) is 5.69 Å². The summed E-state index contributed by atoms with van der Waals surface area (Å²) < 4.78 is 17.5. The maximum absolute atomic E-state index is 13.5. The molecule has 1 heterocycles. The molecular weight excluding hydrogens is 600 g/mol. The van der Waals surface area contributed by atoms with Crippen LogP contribution < -0.4 is 9.64 Å². The van der Waals surface area contributed by atoms with Crippen molar-refractivity contribution in [1.29, 1.82) is 0 Å². The predicted molar refractivity (Wildman–Crippen MR) is 155 cm³/mol. The second-order valence-corrected chi connectivity index (χ2v) is 12.4. The number of hydrogen-bond donors (Lipinski definition) is 0. The molecule has 0 aliphatic carbocycles. The normalized spacial score (nSPS) is 15.6. The molecule has 3 amide bonds. The van der Waals surface area contributed by atoms with Crippen LogP contribution in [0.5, 0.6) is 5.75 Å². The van der Waals surface area contributed by atoms with Gasteiger partial charge in [-0.25, -0.2) is 14.4 Å². The maximum Gasteiger partial charge on any atom is 0.419 e. The van der Waals surface area contributed by atoms with Crippen LogP contribution in [-0.4, -0.2) is 76.4 Å². The van der Waals surface area contributed by atoms with E-state index in [-0.39, 0.29) is 37.6 Å². The summed E-state index contributed by atoms with van der Waals surface area (Å²) >= 11 is 3.39. The number of hydrogen-bond acceptors (Lipinski definition) is 8. The zero-order valence-electron chi connectivity index (χ0n) is 24.0. The van der Waals surface area contributed by atoms with E-state index in [2.05, 4.69) is 15.9 Å². The molecule has 0 aromatic heterocycles. The van der Waals surface area contributed by atoms with E-state index in [1.165, 1.54) is 39.0 Å². The van der Waals surface area contributed by atoms with E-state index >= 15 is 0 Å². The van der Waals surface area contributed by atoms with Crippen LogP contribution in [0.2, 0.25) is 0 Å². The van der Waals surface area contributed by atoms with Gasteiger partial charge in [-0.1, -0.05) is 15.9 Å². The zero-order valence-corrected chi connectivity index (χ0v) is 25.5. The van der Waals surface area contributed by atoms with Gasteiger partial charge in [0.1, 0.15) is 17.0 Å². The first kappa shape index (κ1) is 31.7. The van der Waals surface area contributed by atoms with Crippen molar-refractivity contribution in [3.8, 4) is 5.75 Å². The van der Waals surface area contributed by atoms with E-state index in [1.807, 2.05) is 0 Å². The Hall–Kier alpha value is -3.87. The van der Waals surface area contributed by atoms with Crippen LogP contribution in [0.1, 0.15) is 41.5 Å². The highest BCUT2D eigenvalue weighted by molar-refractivity contribution is 9.10. The van der Waals surface area contributed by atoms with Gasteiger partial charge >= 0.3 is 18.3 Å². The number of piperazine rings is 1. The summed E-state index contributed by atoms with van der Waals surface area (Å²) in [7, 11) is 0. The number of nitrogens with zero attached hydrogens (tertiary/aromatic N) is 4. The fraction of sp³-hybridized carbons (Fsp3) is 0.464. The highest BCUT2D eigenvalue weighted by atomic mass is 79.9. The van der Waals surface area contributed by atoms with Crippen LogP contribution in [-0.2, 0) is 9.47 Å². The molecule has 12 nitrogen and oxygen atoms in total. The number of ether oxygens (including phenoxy) is 3. The summed E-state index contributed by atoms with van der Waals surface area (Å²) in [5.74, 6) is 0.103. The average molecular weight is 636 g/mol. The average Bonchev–Trinajstić information content (AvgIpc) is 2.86. The Morgan fingerprint density at radius 3 is 2.02 bits per heavy atom. The van der Waals surface area contributed by atoms with Crippen molar-refractivity contribution in [2.75, 3.05) is 31.1 Å². The van der Waals surface area contributed by atoms with Gasteiger partial charge in [0.25, 0.3) is 5.69 Å². The molecule has 0 radical (unpaired) electrons. The van der Waals surface area contributed by atoms with Crippen molar-refractivity contribution in [3.05, 3.63) is 63.1 Å². The third-order valence-electron chi connectivity index (χ3n) is 5.77. The Morgan fingerprint density at radius 1 is 0.927 bits per heavy atom. The highest BCUT2D eigenvalue weighted by Gasteiger charge is 2.38. The summed E-state index contributed by atoms with van der Waals surface area (Å²) in [5.41, 5.74) is -1.15. The lowest BCUT2D eigenvalue weighted by Crippen LogP contribution is -2.61. The fourth-order valence-electron chi connectivity index (χ4n) is 3.97. The number of nitro groups is 1. The fourth-order valence-corrected chi connectivity index (χ4v) is 4.24. The van der Waals surface area contributed by atoms with E-state index in [1.54, 1.807) is 65.8 Å². The monoisotopic (exact) mass is 634 g/mol. The quantitative estimate of drug-likeness (QED) is 0.280. The number of anilines is 1. The molecule has 2 aromatic rings. The lowest BCUT2D eigenvalue weighted by atomic mass is 10.1. The molecule has 0 saturated carbocycles. The minimum absolute atomic E-state index is 0.0496. The van der Waals surface area contributed by atoms with Gasteiger partial charge in [-0.05, 0) is 77.9 Å². The largest absolute Gasteiger partial charge is 0.444 e. The predicted octanol–water partition coefficient (Wildman–Crippen LogP) is 6.22. The summed E-state index contributed by atoms with van der Waals surface area (Å²) in [6.07, 6.45) is -1.89. The molecular formula is C28H35BrN4O8. The van der Waals surface area contributed by atoms with Crippen LogP contribution >= 0.6 is 15.9 Å². The third-order valence-corrected chi connectivity index (χ3v) is 6.30. The molecule has 0 spiro atoms. The van der Waals surface area contributed by atoms with Crippen molar-refractivity contribution in [1.82, 2.24) is 9.80 Å². The minimum atomic E-state index is -0.778. The molecule has 13 heteroatoms. The van der Waals surface area contributed by atoms with Crippen LogP contribution in [0.4, 0.5) is 25.8 Å². The topological polar surface area (TPSA) is 132 Å². The van der Waals surface area contributed by atoms with E-state index in [4.69, 9.17) is 14.2 Å². The number of rotatable bonds is 5. The molecule has 0 bridgehead atoms. The molecule has 1 saturated heterocycles. The summed E-state index contributed by atoms with van der Waals surface area (Å²) in [5, 5.41) is 11.0. The number of benzene rings is 2. The number of non-ortho nitro benzene ring substituents is 1. The Balaban J connectivity index is 1.93. The molecule has 3 rings (SSSR count). The maximum atomic E-state index is 13.5. The minimum Gasteiger partial charge on any atom is -0.444 e. The zero-order chi connectivity index (χ0) is 30.5. The van der Waals surface area contributed by atoms with Crippen molar-refractivity contribution >= 4 is 45.6 Å². The van der Waals surface area contributed by atoms with Gasteiger partial charge in [-0.3, -0.25) is 19.9 Å². The smallest absolute Gasteiger partial charge is 0.419 e. The van der Waals surface area contributed by atoms with Gasteiger partial charge in [0.2, 0.25) is 0 Å². The Kier molecular flexibility index (Phi) is 9.85. The van der Waals surface area contributed by atoms with Gasteiger partial charge in [0.05, 0.1) is 17.5 Å². The Morgan fingerprint density at radius 2 is 1.49 bits per heavy atom. The van der Waals surface area contributed by atoms with Gasteiger partial charge in [0.15, 0.2) is 0 Å². The van der Waals surface area contributed by atoms with Gasteiger partial charge in [0, 0.05) is 41.9 Å².